The molecule has 1 aromatic heterocycles. The first-order valence-electron chi connectivity index (χ1n) is 8.82. The van der Waals surface area contributed by atoms with Crippen LogP contribution in [0.15, 0.2) is 12.1 Å². The van der Waals surface area contributed by atoms with Gasteiger partial charge in [0.05, 0.1) is 17.2 Å². The van der Waals surface area contributed by atoms with Crippen LogP contribution in [-0.4, -0.2) is 40.8 Å². The summed E-state index contributed by atoms with van der Waals surface area (Å²) in [6.45, 7) is 0.850. The average Bonchev–Trinajstić information content (AvgIpc) is 3.08. The minimum absolute atomic E-state index is 0.0765. The molecule has 2 aliphatic heterocycles. The van der Waals surface area contributed by atoms with Crippen LogP contribution in [-0.2, 0) is 30.0 Å². The van der Waals surface area contributed by atoms with Crippen LogP contribution in [0.1, 0.15) is 30.1 Å². The third kappa shape index (κ3) is 3.40. The van der Waals surface area contributed by atoms with Gasteiger partial charge in [-0.1, -0.05) is 0 Å². The summed E-state index contributed by atoms with van der Waals surface area (Å²) in [7, 11) is -1.26. The second-order valence-electron chi connectivity index (χ2n) is 7.20. The van der Waals surface area contributed by atoms with E-state index in [0.717, 1.165) is 12.5 Å². The van der Waals surface area contributed by atoms with E-state index < -0.39 is 21.5 Å². The number of benzene rings is 1. The predicted molar refractivity (Wildman–Crippen MR) is 100 cm³/mol. The van der Waals surface area contributed by atoms with Crippen LogP contribution in [0.5, 0.6) is 0 Å². The zero-order valence-corrected chi connectivity index (χ0v) is 16.5. The summed E-state index contributed by atoms with van der Waals surface area (Å²) in [5.41, 5.74) is 1.03. The molecule has 6 nitrogen and oxygen atoms in total. The number of nitrogens with zero attached hydrogens (tertiary/aromatic N) is 4. The van der Waals surface area contributed by atoms with Crippen molar-refractivity contribution in [1.82, 2.24) is 14.3 Å². The van der Waals surface area contributed by atoms with E-state index in [4.69, 9.17) is 12.2 Å². The Labute approximate surface area is 161 Å². The van der Waals surface area contributed by atoms with Gasteiger partial charge >= 0.3 is 0 Å². The Balaban J connectivity index is 1.66. The normalized spacial score (nSPS) is 21.4. The summed E-state index contributed by atoms with van der Waals surface area (Å²) in [4.78, 5) is 1.81. The van der Waals surface area contributed by atoms with Gasteiger partial charge in [0.2, 0.25) is 0 Å². The van der Waals surface area contributed by atoms with Crippen LogP contribution in [0.25, 0.3) is 0 Å². The summed E-state index contributed by atoms with van der Waals surface area (Å²) in [6, 6.07) is 2.26. The first-order chi connectivity index (χ1) is 12.7. The van der Waals surface area contributed by atoms with Crippen LogP contribution in [0.3, 0.4) is 0 Å². The molecule has 10 heteroatoms. The van der Waals surface area contributed by atoms with Gasteiger partial charge in [0.15, 0.2) is 14.6 Å². The van der Waals surface area contributed by atoms with Crippen LogP contribution in [0, 0.1) is 16.4 Å². The lowest BCUT2D eigenvalue weighted by Gasteiger charge is -2.31. The molecule has 1 saturated heterocycles. The topological polar surface area (TPSA) is 60.1 Å². The third-order valence-corrected chi connectivity index (χ3v) is 7.53. The van der Waals surface area contributed by atoms with Crippen molar-refractivity contribution in [2.75, 3.05) is 23.0 Å². The van der Waals surface area contributed by atoms with Crippen molar-refractivity contribution in [3.63, 3.8) is 0 Å². The Morgan fingerprint density at radius 2 is 2.11 bits per heavy atom. The summed E-state index contributed by atoms with van der Waals surface area (Å²) in [6.07, 6.45) is 1.94. The van der Waals surface area contributed by atoms with E-state index in [9.17, 15) is 17.2 Å². The number of aryl methyl sites for hydroxylation is 1. The maximum atomic E-state index is 14.4. The monoisotopic (exact) mass is 414 g/mol. The minimum atomic E-state index is -3.03. The summed E-state index contributed by atoms with van der Waals surface area (Å²) < 4.78 is 55.3. The van der Waals surface area contributed by atoms with Gasteiger partial charge in [-0.25, -0.2) is 21.9 Å². The summed E-state index contributed by atoms with van der Waals surface area (Å²) in [5, 5.41) is 4.54. The van der Waals surface area contributed by atoms with Crippen molar-refractivity contribution >= 4 is 27.7 Å². The lowest BCUT2D eigenvalue weighted by atomic mass is 10.0. The molecular formula is C17H20F2N4O2S2. The molecule has 146 valence electrons. The number of rotatable bonds is 3. The number of halogens is 2. The molecule has 2 aliphatic rings. The fraction of sp³-hybridized carbons (Fsp3) is 0.529. The number of aromatic nitrogens is 3. The highest BCUT2D eigenvalue weighted by Crippen LogP contribution is 2.32. The fourth-order valence-electron chi connectivity index (χ4n) is 3.99. The molecule has 0 spiro atoms. The van der Waals surface area contributed by atoms with E-state index in [1.807, 2.05) is 4.90 Å². The number of sulfone groups is 1. The molecule has 0 N–H and O–H groups in total. The van der Waals surface area contributed by atoms with Crippen molar-refractivity contribution < 1.29 is 17.2 Å². The lowest BCUT2D eigenvalue weighted by Crippen LogP contribution is -2.33. The molecule has 0 radical (unpaired) electrons. The Bertz CT molecular complexity index is 1060. The molecule has 0 amide bonds. The summed E-state index contributed by atoms with van der Waals surface area (Å²) in [5.74, 6) is -0.470. The van der Waals surface area contributed by atoms with Gasteiger partial charge in [0.25, 0.3) is 0 Å². The third-order valence-electron chi connectivity index (χ3n) is 5.27. The van der Waals surface area contributed by atoms with Gasteiger partial charge in [0, 0.05) is 25.6 Å². The van der Waals surface area contributed by atoms with E-state index in [1.54, 1.807) is 16.3 Å². The van der Waals surface area contributed by atoms with E-state index in [0.29, 0.717) is 41.2 Å². The fourth-order valence-corrected chi connectivity index (χ4v) is 5.92. The van der Waals surface area contributed by atoms with Gasteiger partial charge in [-0.3, -0.25) is 0 Å². The Morgan fingerprint density at radius 1 is 1.33 bits per heavy atom. The highest BCUT2D eigenvalue weighted by atomic mass is 32.2. The smallest absolute Gasteiger partial charge is 0.199 e. The lowest BCUT2D eigenvalue weighted by molar-refractivity contribution is 0.513. The number of hydrogen-bond acceptors (Lipinski definition) is 5. The standard InChI is InChI=1S/C17H20F2N4O2S2/c1-21-16(12-4-6-27(24,25)9-12)20-23(17(21)26)10-22-5-2-3-11-7-13(18)8-14(19)15(11)22/h7-8,12H,2-6,9-10H2,1H3. The van der Waals surface area contributed by atoms with Crippen molar-refractivity contribution in [2.45, 2.75) is 31.8 Å². The molecule has 0 bridgehead atoms. The molecular weight excluding hydrogens is 394 g/mol. The van der Waals surface area contributed by atoms with Crippen molar-refractivity contribution in [2.24, 2.45) is 7.05 Å². The zero-order valence-electron chi connectivity index (χ0n) is 14.9. The zero-order chi connectivity index (χ0) is 19.3. The maximum absolute atomic E-state index is 14.4. The molecule has 4 rings (SSSR count). The molecule has 0 saturated carbocycles. The molecule has 1 unspecified atom stereocenters. The van der Waals surface area contributed by atoms with Crippen LogP contribution < -0.4 is 4.90 Å². The van der Waals surface area contributed by atoms with Gasteiger partial charge in [-0.05, 0) is 43.1 Å². The van der Waals surface area contributed by atoms with Gasteiger partial charge in [-0.2, -0.15) is 5.10 Å². The van der Waals surface area contributed by atoms with Gasteiger partial charge in [-0.15, -0.1) is 0 Å². The molecule has 0 aliphatic carbocycles. The van der Waals surface area contributed by atoms with Crippen LogP contribution >= 0.6 is 12.2 Å². The van der Waals surface area contributed by atoms with Gasteiger partial charge < -0.3 is 9.47 Å². The molecule has 3 heterocycles. The highest BCUT2D eigenvalue weighted by Gasteiger charge is 2.33. The van der Waals surface area contributed by atoms with E-state index >= 15 is 0 Å². The Kier molecular flexibility index (Phi) is 4.58. The van der Waals surface area contributed by atoms with Crippen LogP contribution in [0.4, 0.5) is 14.5 Å². The minimum Gasteiger partial charge on any atom is -0.349 e. The molecule has 1 atom stereocenters. The second kappa shape index (κ2) is 6.66. The SMILES string of the molecule is Cn1c(C2CCS(=O)(=O)C2)nn(CN2CCCc3cc(F)cc(F)c32)c1=S. The Hall–Kier alpha value is -1.81. The molecule has 1 fully saturated rings. The van der Waals surface area contributed by atoms with E-state index in [-0.39, 0.29) is 24.1 Å². The van der Waals surface area contributed by atoms with Crippen molar-refractivity contribution in [3.8, 4) is 0 Å². The van der Waals surface area contributed by atoms with Gasteiger partial charge in [0.1, 0.15) is 24.1 Å². The van der Waals surface area contributed by atoms with E-state index in [1.165, 1.54) is 6.07 Å². The van der Waals surface area contributed by atoms with Crippen molar-refractivity contribution in [1.29, 1.82) is 0 Å². The number of anilines is 1. The second-order valence-corrected chi connectivity index (χ2v) is 9.80. The largest absolute Gasteiger partial charge is 0.349 e. The number of hydrogen-bond donors (Lipinski definition) is 0. The summed E-state index contributed by atoms with van der Waals surface area (Å²) >= 11 is 5.46. The average molecular weight is 415 g/mol. The quantitative estimate of drug-likeness (QED) is 0.723. The van der Waals surface area contributed by atoms with Crippen LogP contribution in [0.2, 0.25) is 0 Å². The first-order valence-corrected chi connectivity index (χ1v) is 11.0. The highest BCUT2D eigenvalue weighted by molar-refractivity contribution is 7.91. The predicted octanol–water partition coefficient (Wildman–Crippen LogP) is 2.54. The molecule has 27 heavy (non-hydrogen) atoms. The van der Waals surface area contributed by atoms with Crippen molar-refractivity contribution in [3.05, 3.63) is 39.9 Å². The number of fused-ring (bicyclic) bond motifs is 1. The first kappa shape index (κ1) is 18.5. The Morgan fingerprint density at radius 3 is 2.81 bits per heavy atom. The van der Waals surface area contributed by atoms with E-state index in [2.05, 4.69) is 5.10 Å². The maximum Gasteiger partial charge on any atom is 0.199 e. The molecule has 1 aromatic carbocycles. The molecule has 2 aromatic rings.